The predicted molar refractivity (Wildman–Crippen MR) is 108 cm³/mol. The van der Waals surface area contributed by atoms with Crippen molar-refractivity contribution in [3.63, 3.8) is 0 Å². The van der Waals surface area contributed by atoms with Gasteiger partial charge in [0.05, 0.1) is 5.69 Å². The lowest BCUT2D eigenvalue weighted by Gasteiger charge is -2.11. The van der Waals surface area contributed by atoms with E-state index in [-0.39, 0.29) is 0 Å². The minimum Gasteiger partial charge on any atom is -0.357 e. The van der Waals surface area contributed by atoms with Crippen LogP contribution in [-0.4, -0.2) is 45.2 Å². The van der Waals surface area contributed by atoms with Gasteiger partial charge in [0.15, 0.2) is 5.96 Å². The van der Waals surface area contributed by atoms with E-state index in [1.807, 2.05) is 33.9 Å². The second-order valence-electron chi connectivity index (χ2n) is 6.18. The molecule has 142 valence electrons. The van der Waals surface area contributed by atoms with E-state index in [2.05, 4.69) is 57.0 Å². The first-order valence-electron chi connectivity index (χ1n) is 9.43. The van der Waals surface area contributed by atoms with Gasteiger partial charge in [0.25, 0.3) is 0 Å². The van der Waals surface area contributed by atoms with Gasteiger partial charge in [0.2, 0.25) is 0 Å². The molecule has 1 aromatic carbocycles. The number of aromatic nitrogens is 4. The molecule has 0 radical (unpaired) electrons. The molecule has 0 saturated heterocycles. The third-order valence-electron chi connectivity index (χ3n) is 4.13. The van der Waals surface area contributed by atoms with E-state index in [0.717, 1.165) is 50.7 Å². The maximum Gasteiger partial charge on any atom is 0.191 e. The van der Waals surface area contributed by atoms with Crippen LogP contribution in [0.15, 0.2) is 66.2 Å². The molecule has 0 saturated carbocycles. The summed E-state index contributed by atoms with van der Waals surface area (Å²) in [6.45, 7) is 5.43. The molecule has 0 aliphatic heterocycles. The van der Waals surface area contributed by atoms with Crippen LogP contribution in [-0.2, 0) is 13.0 Å². The first-order chi connectivity index (χ1) is 13.3. The highest BCUT2D eigenvalue weighted by molar-refractivity contribution is 5.79. The lowest BCUT2D eigenvalue weighted by molar-refractivity contribution is 0.584. The van der Waals surface area contributed by atoms with Crippen molar-refractivity contribution in [1.29, 1.82) is 0 Å². The molecule has 2 aromatic heterocycles. The normalized spacial score (nSPS) is 11.5. The standard InChI is InChI=1S/C20H27N7/c1-2-21-20(22-11-3-15-26-16-4-12-24-26)23-14-10-18-6-8-19(9-7-18)27-17-5-13-25-27/h4-9,12-13,16-17H,2-3,10-11,14-15H2,1H3,(H2,21,22,23). The highest BCUT2D eigenvalue weighted by Crippen LogP contribution is 2.08. The number of aliphatic imine (C=N–C) groups is 1. The first-order valence-corrected chi connectivity index (χ1v) is 9.43. The van der Waals surface area contributed by atoms with Crippen molar-refractivity contribution in [2.45, 2.75) is 26.3 Å². The summed E-state index contributed by atoms with van der Waals surface area (Å²) in [4.78, 5) is 4.63. The Labute approximate surface area is 160 Å². The number of aryl methyl sites for hydroxylation is 1. The molecule has 0 bridgehead atoms. The zero-order chi connectivity index (χ0) is 18.7. The van der Waals surface area contributed by atoms with E-state index >= 15 is 0 Å². The van der Waals surface area contributed by atoms with Gasteiger partial charge in [-0.05, 0) is 49.6 Å². The van der Waals surface area contributed by atoms with Crippen LogP contribution in [0.2, 0.25) is 0 Å². The number of nitrogens with zero attached hydrogens (tertiary/aromatic N) is 5. The van der Waals surface area contributed by atoms with Crippen molar-refractivity contribution in [2.24, 2.45) is 4.99 Å². The van der Waals surface area contributed by atoms with E-state index in [1.165, 1.54) is 5.56 Å². The second-order valence-corrected chi connectivity index (χ2v) is 6.18. The molecule has 2 N–H and O–H groups in total. The van der Waals surface area contributed by atoms with Crippen molar-refractivity contribution < 1.29 is 0 Å². The van der Waals surface area contributed by atoms with Gasteiger partial charge in [-0.25, -0.2) is 4.68 Å². The second kappa shape index (κ2) is 10.2. The number of hydrogen-bond donors (Lipinski definition) is 2. The van der Waals surface area contributed by atoms with Crippen molar-refractivity contribution in [3.8, 4) is 5.69 Å². The summed E-state index contributed by atoms with van der Waals surface area (Å²) in [5, 5.41) is 15.2. The van der Waals surface area contributed by atoms with Gasteiger partial charge >= 0.3 is 0 Å². The number of rotatable bonds is 9. The summed E-state index contributed by atoms with van der Waals surface area (Å²) in [7, 11) is 0. The predicted octanol–water partition coefficient (Wildman–Crippen LogP) is 2.26. The molecule has 0 aliphatic rings. The fourth-order valence-corrected chi connectivity index (χ4v) is 2.76. The van der Waals surface area contributed by atoms with Gasteiger partial charge in [-0.2, -0.15) is 10.2 Å². The third-order valence-corrected chi connectivity index (χ3v) is 4.13. The molecule has 7 nitrogen and oxygen atoms in total. The number of hydrogen-bond acceptors (Lipinski definition) is 3. The number of guanidine groups is 1. The summed E-state index contributed by atoms with van der Waals surface area (Å²) in [6, 6.07) is 12.3. The van der Waals surface area contributed by atoms with Gasteiger partial charge in [-0.15, -0.1) is 0 Å². The fraction of sp³-hybridized carbons (Fsp3) is 0.350. The zero-order valence-electron chi connectivity index (χ0n) is 15.8. The summed E-state index contributed by atoms with van der Waals surface area (Å²) in [5.41, 5.74) is 2.36. The molecule has 3 aromatic rings. The Morgan fingerprint density at radius 3 is 2.56 bits per heavy atom. The maximum absolute atomic E-state index is 4.63. The van der Waals surface area contributed by atoms with Crippen LogP contribution in [0.4, 0.5) is 0 Å². The van der Waals surface area contributed by atoms with E-state index < -0.39 is 0 Å². The van der Waals surface area contributed by atoms with Crippen LogP contribution in [0.5, 0.6) is 0 Å². The number of nitrogens with one attached hydrogen (secondary N) is 2. The lowest BCUT2D eigenvalue weighted by atomic mass is 10.1. The molecule has 0 aliphatic carbocycles. The smallest absolute Gasteiger partial charge is 0.191 e. The minimum atomic E-state index is 0.772. The van der Waals surface area contributed by atoms with Gasteiger partial charge in [0, 0.05) is 51.0 Å². The summed E-state index contributed by atoms with van der Waals surface area (Å²) < 4.78 is 3.80. The monoisotopic (exact) mass is 365 g/mol. The molecule has 3 rings (SSSR count). The van der Waals surface area contributed by atoms with E-state index in [4.69, 9.17) is 0 Å². The van der Waals surface area contributed by atoms with Gasteiger partial charge in [-0.1, -0.05) is 12.1 Å². The first kappa shape index (κ1) is 18.7. The Kier molecular flexibility index (Phi) is 7.03. The average Bonchev–Trinajstić information content (AvgIpc) is 3.40. The van der Waals surface area contributed by atoms with Crippen molar-refractivity contribution >= 4 is 5.96 Å². The van der Waals surface area contributed by atoms with Crippen molar-refractivity contribution in [1.82, 2.24) is 30.2 Å². The largest absolute Gasteiger partial charge is 0.357 e. The Morgan fingerprint density at radius 1 is 1.04 bits per heavy atom. The van der Waals surface area contributed by atoms with Crippen LogP contribution in [0, 0.1) is 0 Å². The SMILES string of the molecule is CCNC(=NCCCn1cccn1)NCCc1ccc(-n2cccn2)cc1. The Bertz CT molecular complexity index is 789. The third kappa shape index (κ3) is 5.99. The van der Waals surface area contributed by atoms with E-state index in [1.54, 1.807) is 12.4 Å². The Hall–Kier alpha value is -3.09. The average molecular weight is 365 g/mol. The van der Waals surface area contributed by atoms with Crippen LogP contribution in [0.3, 0.4) is 0 Å². The van der Waals surface area contributed by atoms with E-state index in [9.17, 15) is 0 Å². The molecule has 2 heterocycles. The van der Waals surface area contributed by atoms with Gasteiger partial charge < -0.3 is 10.6 Å². The quantitative estimate of drug-likeness (QED) is 0.347. The van der Waals surface area contributed by atoms with E-state index in [0.29, 0.717) is 0 Å². The van der Waals surface area contributed by atoms with Crippen molar-refractivity contribution in [2.75, 3.05) is 19.6 Å². The summed E-state index contributed by atoms with van der Waals surface area (Å²) in [5.74, 6) is 0.867. The van der Waals surface area contributed by atoms with Crippen LogP contribution in [0.1, 0.15) is 18.9 Å². The molecular formula is C20H27N7. The molecule has 0 fully saturated rings. The van der Waals surface area contributed by atoms with Crippen molar-refractivity contribution in [3.05, 3.63) is 66.7 Å². The fourth-order valence-electron chi connectivity index (χ4n) is 2.76. The lowest BCUT2D eigenvalue weighted by Crippen LogP contribution is -2.38. The molecule has 0 atom stereocenters. The highest BCUT2D eigenvalue weighted by atomic mass is 15.3. The molecule has 0 spiro atoms. The topological polar surface area (TPSA) is 72.1 Å². The van der Waals surface area contributed by atoms with Gasteiger partial charge in [0.1, 0.15) is 0 Å². The summed E-state index contributed by atoms with van der Waals surface area (Å²) >= 11 is 0. The zero-order valence-corrected chi connectivity index (χ0v) is 15.8. The maximum atomic E-state index is 4.63. The molecule has 0 unspecified atom stereocenters. The Balaban J connectivity index is 1.42. The van der Waals surface area contributed by atoms with Crippen LogP contribution >= 0.6 is 0 Å². The van der Waals surface area contributed by atoms with Crippen LogP contribution < -0.4 is 10.6 Å². The molecule has 27 heavy (non-hydrogen) atoms. The molecule has 0 amide bonds. The van der Waals surface area contributed by atoms with Gasteiger partial charge in [-0.3, -0.25) is 9.67 Å². The molecular weight excluding hydrogens is 338 g/mol. The minimum absolute atomic E-state index is 0.772. The Morgan fingerprint density at radius 2 is 1.85 bits per heavy atom. The summed E-state index contributed by atoms with van der Waals surface area (Å²) in [6.07, 6.45) is 9.42. The number of benzene rings is 1. The highest BCUT2D eigenvalue weighted by Gasteiger charge is 2.00. The van der Waals surface area contributed by atoms with Crippen LogP contribution in [0.25, 0.3) is 5.69 Å². The molecule has 7 heteroatoms.